The van der Waals surface area contributed by atoms with Gasteiger partial charge in [0.15, 0.2) is 0 Å². The molecule has 1 aromatic heterocycles. The maximum atomic E-state index is 12.7. The smallest absolute Gasteiger partial charge is 0.228 e. The highest BCUT2D eigenvalue weighted by atomic mass is 16.1. The number of nitrogens with one attached hydrogen (secondary N) is 1. The first kappa shape index (κ1) is 12.4. The zero-order chi connectivity index (χ0) is 13.7. The highest BCUT2D eigenvalue weighted by molar-refractivity contribution is 5.93. The fraction of sp³-hybridized carbons (Fsp3) is 0.647. The third-order valence-corrected chi connectivity index (χ3v) is 5.83. The molecule has 4 fully saturated rings. The minimum absolute atomic E-state index is 0.245. The summed E-state index contributed by atoms with van der Waals surface area (Å²) in [6.45, 7) is 2.02. The number of rotatable bonds is 2. The zero-order valence-corrected chi connectivity index (χ0v) is 12.0. The van der Waals surface area contributed by atoms with Gasteiger partial charge in [-0.15, -0.1) is 0 Å². The highest BCUT2D eigenvalue weighted by Crippen LogP contribution is 2.56. The van der Waals surface area contributed by atoms with E-state index in [1.165, 1.54) is 32.1 Å². The highest BCUT2D eigenvalue weighted by Gasteiger charge is 2.50. The maximum absolute atomic E-state index is 12.7. The summed E-state index contributed by atoms with van der Waals surface area (Å²) in [5.41, 5.74) is 1.98. The van der Waals surface area contributed by atoms with E-state index in [9.17, 15) is 4.79 Å². The third-order valence-electron chi connectivity index (χ3n) is 5.83. The number of hydrogen-bond acceptors (Lipinski definition) is 2. The van der Waals surface area contributed by atoms with Gasteiger partial charge in [0.25, 0.3) is 0 Å². The van der Waals surface area contributed by atoms with Crippen molar-refractivity contribution in [2.45, 2.75) is 39.0 Å². The Morgan fingerprint density at radius 1 is 1.15 bits per heavy atom. The second-order valence-electron chi connectivity index (χ2n) is 7.14. The number of carbonyl (C=O) groups excluding carboxylic acids is 1. The first-order valence-corrected chi connectivity index (χ1v) is 7.92. The Bertz CT molecular complexity index is 512. The molecule has 5 rings (SSSR count). The number of hydrogen-bond donors (Lipinski definition) is 1. The van der Waals surface area contributed by atoms with E-state index in [1.54, 1.807) is 12.4 Å². The summed E-state index contributed by atoms with van der Waals surface area (Å²) in [5, 5.41) is 3.14. The van der Waals surface area contributed by atoms with Crippen LogP contribution in [0.5, 0.6) is 0 Å². The normalized spacial score (nSPS) is 38.0. The van der Waals surface area contributed by atoms with Crippen LogP contribution < -0.4 is 5.32 Å². The molecule has 4 saturated carbocycles. The van der Waals surface area contributed by atoms with Gasteiger partial charge in [-0.3, -0.25) is 9.78 Å². The molecule has 1 aromatic rings. The first-order chi connectivity index (χ1) is 9.70. The van der Waals surface area contributed by atoms with Crippen molar-refractivity contribution in [2.75, 3.05) is 5.32 Å². The van der Waals surface area contributed by atoms with Gasteiger partial charge in [-0.25, -0.2) is 0 Å². The van der Waals surface area contributed by atoms with E-state index in [-0.39, 0.29) is 11.8 Å². The van der Waals surface area contributed by atoms with Crippen molar-refractivity contribution in [1.29, 1.82) is 0 Å². The Labute approximate surface area is 120 Å². The van der Waals surface area contributed by atoms with Crippen molar-refractivity contribution < 1.29 is 4.79 Å². The molecular formula is C17H22N2O. The van der Waals surface area contributed by atoms with Gasteiger partial charge in [0, 0.05) is 12.1 Å². The number of pyridine rings is 1. The SMILES string of the molecule is Cc1ccncc1NC(=O)C1C2CC3CC(C2)CC1C3. The van der Waals surface area contributed by atoms with E-state index in [0.29, 0.717) is 11.8 Å². The molecule has 0 unspecified atom stereocenters. The van der Waals surface area contributed by atoms with Gasteiger partial charge >= 0.3 is 0 Å². The second-order valence-corrected chi connectivity index (χ2v) is 7.14. The van der Waals surface area contributed by atoms with Crippen LogP contribution >= 0.6 is 0 Å². The Morgan fingerprint density at radius 2 is 1.80 bits per heavy atom. The van der Waals surface area contributed by atoms with E-state index >= 15 is 0 Å². The fourth-order valence-electron chi connectivity index (χ4n) is 5.16. The summed E-state index contributed by atoms with van der Waals surface area (Å²) in [5.74, 6) is 3.62. The number of nitrogens with zero attached hydrogens (tertiary/aromatic N) is 1. The lowest BCUT2D eigenvalue weighted by Crippen LogP contribution is -2.49. The summed E-state index contributed by atoms with van der Waals surface area (Å²) in [6, 6.07) is 1.95. The molecule has 0 spiro atoms. The molecule has 0 saturated heterocycles. The van der Waals surface area contributed by atoms with Gasteiger partial charge < -0.3 is 5.32 Å². The number of carbonyl (C=O) groups is 1. The van der Waals surface area contributed by atoms with Gasteiger partial charge in [0.1, 0.15) is 0 Å². The van der Waals surface area contributed by atoms with Crippen LogP contribution in [0.3, 0.4) is 0 Å². The van der Waals surface area contributed by atoms with E-state index in [4.69, 9.17) is 0 Å². The molecule has 3 nitrogen and oxygen atoms in total. The van der Waals surface area contributed by atoms with E-state index in [2.05, 4.69) is 10.3 Å². The molecule has 0 radical (unpaired) electrons. The molecule has 1 heterocycles. The van der Waals surface area contributed by atoms with Crippen molar-refractivity contribution in [2.24, 2.45) is 29.6 Å². The largest absolute Gasteiger partial charge is 0.324 e. The summed E-state index contributed by atoms with van der Waals surface area (Å²) in [7, 11) is 0. The quantitative estimate of drug-likeness (QED) is 0.895. The monoisotopic (exact) mass is 270 g/mol. The molecule has 0 atom stereocenters. The summed E-state index contributed by atoms with van der Waals surface area (Å²) < 4.78 is 0. The van der Waals surface area contributed by atoms with Crippen LogP contribution in [0.25, 0.3) is 0 Å². The fourth-order valence-corrected chi connectivity index (χ4v) is 5.16. The number of amides is 1. The number of aryl methyl sites for hydroxylation is 1. The number of anilines is 1. The van der Waals surface area contributed by atoms with Crippen LogP contribution in [0.4, 0.5) is 5.69 Å². The van der Waals surface area contributed by atoms with E-state index < -0.39 is 0 Å². The van der Waals surface area contributed by atoms with Gasteiger partial charge in [-0.2, -0.15) is 0 Å². The Kier molecular flexibility index (Phi) is 2.83. The molecule has 4 aliphatic carbocycles. The van der Waals surface area contributed by atoms with Crippen LogP contribution in [-0.4, -0.2) is 10.9 Å². The molecule has 0 aliphatic heterocycles. The Hall–Kier alpha value is -1.38. The van der Waals surface area contributed by atoms with Crippen LogP contribution in [0.15, 0.2) is 18.5 Å². The lowest BCUT2D eigenvalue weighted by atomic mass is 9.51. The minimum atomic E-state index is 0.245. The second kappa shape index (κ2) is 4.57. The standard InChI is InChI=1S/C17H22N2O/c1-10-2-3-18-9-15(10)19-17(20)16-13-5-11-4-12(7-13)8-14(16)6-11/h2-3,9,11-14,16H,4-8H2,1H3,(H,19,20). The van der Waals surface area contributed by atoms with Crippen molar-refractivity contribution in [3.05, 3.63) is 24.0 Å². The van der Waals surface area contributed by atoms with Crippen molar-refractivity contribution in [1.82, 2.24) is 4.98 Å². The van der Waals surface area contributed by atoms with Gasteiger partial charge in [0.2, 0.25) is 5.91 Å². The molecule has 0 aromatic carbocycles. The Morgan fingerprint density at radius 3 is 2.40 bits per heavy atom. The summed E-state index contributed by atoms with van der Waals surface area (Å²) >= 11 is 0. The lowest BCUT2D eigenvalue weighted by Gasteiger charge is -2.53. The first-order valence-electron chi connectivity index (χ1n) is 7.92. The third kappa shape index (κ3) is 1.95. The molecule has 1 N–H and O–H groups in total. The summed E-state index contributed by atoms with van der Waals surface area (Å²) in [6.07, 6.45) is 10.1. The molecule has 3 heteroatoms. The minimum Gasteiger partial charge on any atom is -0.324 e. The molecule has 4 aliphatic rings. The van der Waals surface area contributed by atoms with E-state index in [1.807, 2.05) is 13.0 Å². The van der Waals surface area contributed by atoms with Gasteiger partial charge in [-0.05, 0) is 74.3 Å². The van der Waals surface area contributed by atoms with Gasteiger partial charge in [-0.1, -0.05) is 0 Å². The van der Waals surface area contributed by atoms with Crippen molar-refractivity contribution in [3.63, 3.8) is 0 Å². The van der Waals surface area contributed by atoms with Crippen LogP contribution in [0.2, 0.25) is 0 Å². The molecule has 20 heavy (non-hydrogen) atoms. The van der Waals surface area contributed by atoms with Crippen LogP contribution in [0.1, 0.15) is 37.7 Å². The van der Waals surface area contributed by atoms with Crippen LogP contribution in [-0.2, 0) is 4.79 Å². The summed E-state index contributed by atoms with van der Waals surface area (Å²) in [4.78, 5) is 16.8. The van der Waals surface area contributed by atoms with Crippen LogP contribution in [0, 0.1) is 36.5 Å². The molecule has 4 bridgehead atoms. The van der Waals surface area contributed by atoms with Gasteiger partial charge in [0.05, 0.1) is 11.9 Å². The molecular weight excluding hydrogens is 248 g/mol. The maximum Gasteiger partial charge on any atom is 0.228 e. The predicted octanol–water partition coefficient (Wildman–Crippen LogP) is 3.40. The predicted molar refractivity (Wildman–Crippen MR) is 78.1 cm³/mol. The lowest BCUT2D eigenvalue weighted by molar-refractivity contribution is -0.132. The molecule has 106 valence electrons. The average molecular weight is 270 g/mol. The average Bonchev–Trinajstić information content (AvgIpc) is 2.40. The zero-order valence-electron chi connectivity index (χ0n) is 12.0. The van der Waals surface area contributed by atoms with E-state index in [0.717, 1.165) is 23.1 Å². The Balaban J connectivity index is 1.53. The van der Waals surface area contributed by atoms with Crippen molar-refractivity contribution >= 4 is 11.6 Å². The number of aromatic nitrogens is 1. The molecule has 1 amide bonds. The van der Waals surface area contributed by atoms with Crippen molar-refractivity contribution in [3.8, 4) is 0 Å². The topological polar surface area (TPSA) is 42.0 Å².